The standard InChI is InChI=1S/C16H36N.4ClH.Fe/c1-5-9-13-17(14-10-6-2,15-11-7-3)16-12-8-4;;;;;/h5-16H2,1-4H3;4*1H;/q+1;;;;;+4/p-4. The number of halogens is 4. The third-order valence-corrected chi connectivity index (χ3v) is 3.94. The molecule has 0 aliphatic heterocycles. The third-order valence-electron chi connectivity index (χ3n) is 3.94. The molecule has 0 rings (SSSR count). The molecule has 6 heteroatoms. The van der Waals surface area contributed by atoms with Crippen molar-refractivity contribution in [1.29, 1.82) is 0 Å². The molecule has 0 unspecified atom stereocenters. The van der Waals surface area contributed by atoms with Gasteiger partial charge in [-0.15, -0.1) is 0 Å². The summed E-state index contributed by atoms with van der Waals surface area (Å²) in [6, 6.07) is 0. The summed E-state index contributed by atoms with van der Waals surface area (Å²) < 4.78 is 1.42. The van der Waals surface area contributed by atoms with E-state index in [2.05, 4.69) is 27.7 Å². The second-order valence-electron chi connectivity index (χ2n) is 5.95. The van der Waals surface area contributed by atoms with Gasteiger partial charge < -0.3 is 4.48 Å². The summed E-state index contributed by atoms with van der Waals surface area (Å²) >= 11 is 0. The quantitative estimate of drug-likeness (QED) is 0.215. The molecular weight excluding hydrogens is 404 g/mol. The molecule has 22 heavy (non-hydrogen) atoms. The maximum absolute atomic E-state index is 4.95. The Balaban J connectivity index is 0. The summed E-state index contributed by atoms with van der Waals surface area (Å²) in [5.41, 5.74) is 0. The molecule has 0 heterocycles. The summed E-state index contributed by atoms with van der Waals surface area (Å²) in [5.74, 6) is 0. The van der Waals surface area contributed by atoms with Crippen LogP contribution in [0.5, 0.6) is 0 Å². The predicted molar refractivity (Wildman–Crippen MR) is 103 cm³/mol. The number of hydrogen-bond donors (Lipinski definition) is 0. The molecule has 0 saturated carbocycles. The first-order valence-corrected chi connectivity index (χ1v) is 14.7. The van der Waals surface area contributed by atoms with Gasteiger partial charge in [0.2, 0.25) is 0 Å². The molecule has 0 atom stereocenters. The second kappa shape index (κ2) is 16.1. The normalized spacial score (nSPS) is 12.7. The topological polar surface area (TPSA) is 0 Å². The van der Waals surface area contributed by atoms with Crippen molar-refractivity contribution in [3.8, 4) is 0 Å². The third kappa shape index (κ3) is 19.7. The van der Waals surface area contributed by atoms with Crippen LogP contribution in [0.25, 0.3) is 0 Å². The van der Waals surface area contributed by atoms with Crippen LogP contribution < -0.4 is 0 Å². The van der Waals surface area contributed by atoms with Gasteiger partial charge in [-0.05, 0) is 25.7 Å². The van der Waals surface area contributed by atoms with E-state index in [1.807, 2.05) is 0 Å². The van der Waals surface area contributed by atoms with E-state index in [4.69, 9.17) is 40.4 Å². The molecule has 0 saturated heterocycles. The number of quaternary nitrogens is 1. The number of rotatable bonds is 12. The molecule has 0 N–H and O–H groups in total. The van der Waals surface area contributed by atoms with E-state index < -0.39 is 9.20 Å². The molecule has 0 aromatic carbocycles. The van der Waals surface area contributed by atoms with Gasteiger partial charge in [-0.2, -0.15) is 0 Å². The van der Waals surface area contributed by atoms with Gasteiger partial charge in [0, 0.05) is 0 Å². The van der Waals surface area contributed by atoms with E-state index in [-0.39, 0.29) is 0 Å². The first-order chi connectivity index (χ1) is 10.2. The fourth-order valence-corrected chi connectivity index (χ4v) is 2.64. The van der Waals surface area contributed by atoms with E-state index in [1.165, 1.54) is 82.0 Å². The second-order valence-corrected chi connectivity index (χ2v) is 16.9. The summed E-state index contributed by atoms with van der Waals surface area (Å²) in [7, 11) is 17.2. The molecular formula is C16H36Cl4FeN+. The molecule has 0 aromatic heterocycles. The van der Waals surface area contributed by atoms with Crippen molar-refractivity contribution in [1.82, 2.24) is 0 Å². The zero-order valence-electron chi connectivity index (χ0n) is 14.8. The van der Waals surface area contributed by atoms with Crippen LogP contribution in [0.3, 0.4) is 0 Å². The summed E-state index contributed by atoms with van der Waals surface area (Å²) in [4.78, 5) is 0. The Labute approximate surface area is 158 Å². The zero-order chi connectivity index (χ0) is 17.5. The van der Waals surface area contributed by atoms with Gasteiger partial charge in [0.1, 0.15) is 0 Å². The number of hydrogen-bond acceptors (Lipinski definition) is 0. The summed E-state index contributed by atoms with van der Waals surface area (Å²) in [6.07, 6.45) is 11.1. The average Bonchev–Trinajstić information content (AvgIpc) is 2.44. The Morgan fingerprint density at radius 2 is 0.727 bits per heavy atom. The molecule has 0 aliphatic rings. The summed E-state index contributed by atoms with van der Waals surface area (Å²) in [6.45, 7) is 15.0. The molecule has 0 aromatic rings. The minimum absolute atomic E-state index is 1.35. The monoisotopic (exact) mass is 438 g/mol. The van der Waals surface area contributed by atoms with E-state index in [1.54, 1.807) is 0 Å². The molecule has 0 fully saturated rings. The van der Waals surface area contributed by atoms with E-state index in [0.717, 1.165) is 0 Å². The van der Waals surface area contributed by atoms with Crippen LogP contribution in [0, 0.1) is 0 Å². The molecule has 0 amide bonds. The van der Waals surface area contributed by atoms with Crippen molar-refractivity contribution in [2.45, 2.75) is 79.1 Å². The Morgan fingerprint density at radius 1 is 0.545 bits per heavy atom. The number of unbranched alkanes of at least 4 members (excludes halogenated alkanes) is 4. The molecule has 0 aliphatic carbocycles. The first-order valence-electron chi connectivity index (χ1n) is 8.63. The van der Waals surface area contributed by atoms with Gasteiger partial charge in [-0.25, -0.2) is 0 Å². The van der Waals surface area contributed by atoms with Gasteiger partial charge in [-0.3, -0.25) is 0 Å². The minimum atomic E-state index is -2.61. The molecule has 1 nitrogen and oxygen atoms in total. The Kier molecular flexibility index (Phi) is 19.0. The fourth-order valence-electron chi connectivity index (χ4n) is 2.64. The van der Waals surface area contributed by atoms with E-state index in [0.29, 0.717) is 0 Å². The van der Waals surface area contributed by atoms with Crippen LogP contribution in [-0.4, -0.2) is 30.7 Å². The van der Waals surface area contributed by atoms with Crippen LogP contribution in [0.15, 0.2) is 0 Å². The van der Waals surface area contributed by atoms with Gasteiger partial charge in [0.15, 0.2) is 0 Å². The fraction of sp³-hybridized carbons (Fsp3) is 1.00. The molecule has 0 radical (unpaired) electrons. The van der Waals surface area contributed by atoms with Gasteiger partial charge in [-0.1, -0.05) is 53.4 Å². The Morgan fingerprint density at radius 3 is 0.864 bits per heavy atom. The van der Waals surface area contributed by atoms with Crippen molar-refractivity contribution < 1.29 is 13.7 Å². The maximum atomic E-state index is 4.95. The first kappa shape index (κ1) is 25.9. The van der Waals surface area contributed by atoms with Crippen LogP contribution in [0.1, 0.15) is 79.1 Å². The molecule has 0 bridgehead atoms. The van der Waals surface area contributed by atoms with Gasteiger partial charge >= 0.3 is 49.6 Å². The summed E-state index contributed by atoms with van der Waals surface area (Å²) in [5, 5.41) is 0. The van der Waals surface area contributed by atoms with E-state index >= 15 is 0 Å². The SMILES string of the molecule is CCCC[N+](CCCC)(CCCC)CCCC.[Cl][Fe]([Cl])([Cl])[Cl]. The van der Waals surface area contributed by atoms with Crippen molar-refractivity contribution >= 4 is 40.4 Å². The van der Waals surface area contributed by atoms with Crippen LogP contribution in [-0.2, 0) is 9.20 Å². The van der Waals surface area contributed by atoms with Crippen LogP contribution in [0.4, 0.5) is 0 Å². The van der Waals surface area contributed by atoms with Crippen molar-refractivity contribution in [2.75, 3.05) is 26.2 Å². The van der Waals surface area contributed by atoms with Gasteiger partial charge in [0.05, 0.1) is 26.2 Å². The van der Waals surface area contributed by atoms with Gasteiger partial charge in [0.25, 0.3) is 0 Å². The zero-order valence-corrected chi connectivity index (χ0v) is 18.9. The Hall–Kier alpha value is 1.64. The van der Waals surface area contributed by atoms with Crippen molar-refractivity contribution in [2.24, 2.45) is 0 Å². The van der Waals surface area contributed by atoms with Crippen molar-refractivity contribution in [3.05, 3.63) is 0 Å². The van der Waals surface area contributed by atoms with Crippen LogP contribution >= 0.6 is 40.4 Å². The van der Waals surface area contributed by atoms with Crippen LogP contribution in [0.2, 0.25) is 0 Å². The Bertz CT molecular complexity index is 191. The average molecular weight is 440 g/mol. The molecule has 0 spiro atoms. The predicted octanol–water partition coefficient (Wildman–Crippen LogP) is 7.76. The van der Waals surface area contributed by atoms with E-state index in [9.17, 15) is 0 Å². The molecule has 140 valence electrons. The van der Waals surface area contributed by atoms with Crippen molar-refractivity contribution in [3.63, 3.8) is 0 Å². The number of nitrogens with zero attached hydrogens (tertiary/aromatic N) is 1.